The molecule has 1 aromatic heterocycles. The lowest BCUT2D eigenvalue weighted by molar-refractivity contribution is -0.137. The molecule has 1 fully saturated rings. The number of aromatic nitrogens is 2. The van der Waals surface area contributed by atoms with Gasteiger partial charge in [0.1, 0.15) is 12.4 Å². The first kappa shape index (κ1) is 18.1. The molecule has 2 aromatic rings. The van der Waals surface area contributed by atoms with Gasteiger partial charge in [0.2, 0.25) is 11.8 Å². The molecule has 0 saturated carbocycles. The number of halogens is 1. The van der Waals surface area contributed by atoms with Gasteiger partial charge >= 0.3 is 0 Å². The Balaban J connectivity index is 1.80. The van der Waals surface area contributed by atoms with Crippen molar-refractivity contribution in [2.75, 3.05) is 6.54 Å². The zero-order valence-electron chi connectivity index (χ0n) is 14.8. The van der Waals surface area contributed by atoms with Gasteiger partial charge in [-0.1, -0.05) is 12.1 Å². The molecule has 7 heteroatoms. The molecular weight excluding hydrogens is 335 g/mol. The number of nitrogens with zero attached hydrogens (tertiary/aromatic N) is 3. The van der Waals surface area contributed by atoms with Gasteiger partial charge in [0.05, 0.1) is 6.04 Å². The van der Waals surface area contributed by atoms with E-state index in [1.807, 2.05) is 4.90 Å². The van der Waals surface area contributed by atoms with Crippen molar-refractivity contribution in [3.8, 4) is 0 Å². The van der Waals surface area contributed by atoms with Gasteiger partial charge in [0.25, 0.3) is 0 Å². The number of hydrogen-bond donors (Lipinski definition) is 1. The molecule has 138 valence electrons. The Bertz CT molecular complexity index is 745. The third kappa shape index (κ3) is 4.47. The van der Waals surface area contributed by atoms with Crippen LogP contribution in [0, 0.1) is 5.82 Å². The highest BCUT2D eigenvalue weighted by atomic mass is 19.1. The standard InChI is InChI=1S/C19H23FN4O2/c1-14(25)22-17-4-2-11-24(19(26)13-23-10-3-9-21-23)18(17)12-15-5-7-16(20)8-6-15/h3,5-10,17-18H,2,4,11-13H2,1H3,(H,22,25)/t17-,18-/m0/s1. The van der Waals surface area contributed by atoms with E-state index in [0.29, 0.717) is 13.0 Å². The fourth-order valence-electron chi connectivity index (χ4n) is 3.53. The summed E-state index contributed by atoms with van der Waals surface area (Å²) in [6.45, 7) is 2.29. The quantitative estimate of drug-likeness (QED) is 0.886. The lowest BCUT2D eigenvalue weighted by Crippen LogP contribution is -2.58. The molecule has 1 N–H and O–H groups in total. The highest BCUT2D eigenvalue weighted by Gasteiger charge is 2.34. The van der Waals surface area contributed by atoms with E-state index in [1.54, 1.807) is 35.3 Å². The van der Waals surface area contributed by atoms with E-state index in [9.17, 15) is 14.0 Å². The monoisotopic (exact) mass is 358 g/mol. The molecule has 2 atom stereocenters. The van der Waals surface area contributed by atoms with Crippen LogP contribution in [-0.2, 0) is 22.6 Å². The van der Waals surface area contributed by atoms with Crippen LogP contribution in [-0.4, -0.2) is 45.1 Å². The van der Waals surface area contributed by atoms with E-state index in [4.69, 9.17) is 0 Å². The van der Waals surface area contributed by atoms with Crippen LogP contribution in [0.15, 0.2) is 42.7 Å². The Hall–Kier alpha value is -2.70. The predicted octanol–water partition coefficient (Wildman–Crippen LogP) is 1.76. The van der Waals surface area contributed by atoms with Gasteiger partial charge in [-0.05, 0) is 43.0 Å². The topological polar surface area (TPSA) is 67.2 Å². The lowest BCUT2D eigenvalue weighted by Gasteiger charge is -2.41. The van der Waals surface area contributed by atoms with Gasteiger partial charge in [0.15, 0.2) is 0 Å². The normalized spacial score (nSPS) is 20.0. The molecule has 3 rings (SSSR count). The van der Waals surface area contributed by atoms with E-state index < -0.39 is 0 Å². The zero-order valence-corrected chi connectivity index (χ0v) is 14.8. The second kappa shape index (κ2) is 8.12. The first-order valence-electron chi connectivity index (χ1n) is 8.81. The van der Waals surface area contributed by atoms with Crippen LogP contribution in [0.4, 0.5) is 4.39 Å². The molecule has 2 amide bonds. The number of rotatable bonds is 5. The Labute approximate surface area is 152 Å². The summed E-state index contributed by atoms with van der Waals surface area (Å²) >= 11 is 0. The molecule has 0 bridgehead atoms. The fourth-order valence-corrected chi connectivity index (χ4v) is 3.53. The summed E-state index contributed by atoms with van der Waals surface area (Å²) < 4.78 is 14.8. The summed E-state index contributed by atoms with van der Waals surface area (Å²) in [6.07, 6.45) is 5.60. The summed E-state index contributed by atoms with van der Waals surface area (Å²) in [4.78, 5) is 26.3. The maximum Gasteiger partial charge on any atom is 0.244 e. The molecule has 0 unspecified atom stereocenters. The summed E-state index contributed by atoms with van der Waals surface area (Å²) in [7, 11) is 0. The number of piperidine rings is 1. The summed E-state index contributed by atoms with van der Waals surface area (Å²) in [6, 6.07) is 7.78. The average Bonchev–Trinajstić information content (AvgIpc) is 3.10. The average molecular weight is 358 g/mol. The summed E-state index contributed by atoms with van der Waals surface area (Å²) in [5.41, 5.74) is 0.936. The first-order valence-corrected chi connectivity index (χ1v) is 8.81. The highest BCUT2D eigenvalue weighted by molar-refractivity contribution is 5.77. The van der Waals surface area contributed by atoms with E-state index in [0.717, 1.165) is 18.4 Å². The Morgan fingerprint density at radius 1 is 1.31 bits per heavy atom. The van der Waals surface area contributed by atoms with E-state index in [-0.39, 0.29) is 36.3 Å². The van der Waals surface area contributed by atoms with E-state index in [1.165, 1.54) is 19.1 Å². The van der Waals surface area contributed by atoms with Crippen LogP contribution in [0.5, 0.6) is 0 Å². The molecule has 1 aliphatic heterocycles. The second-order valence-corrected chi connectivity index (χ2v) is 6.64. The van der Waals surface area contributed by atoms with Gasteiger partial charge in [-0.2, -0.15) is 5.10 Å². The van der Waals surface area contributed by atoms with Gasteiger partial charge in [0, 0.05) is 31.9 Å². The van der Waals surface area contributed by atoms with Crippen molar-refractivity contribution in [2.24, 2.45) is 0 Å². The third-order valence-electron chi connectivity index (χ3n) is 4.70. The number of carbonyl (C=O) groups excluding carboxylic acids is 2. The predicted molar refractivity (Wildman–Crippen MR) is 94.7 cm³/mol. The van der Waals surface area contributed by atoms with Gasteiger partial charge in [-0.25, -0.2) is 4.39 Å². The molecule has 2 heterocycles. The molecular formula is C19H23FN4O2. The van der Waals surface area contributed by atoms with Crippen LogP contribution in [0.1, 0.15) is 25.3 Å². The Morgan fingerprint density at radius 2 is 2.08 bits per heavy atom. The first-order chi connectivity index (χ1) is 12.5. The summed E-state index contributed by atoms with van der Waals surface area (Å²) in [5, 5.41) is 7.07. The Morgan fingerprint density at radius 3 is 2.73 bits per heavy atom. The largest absolute Gasteiger partial charge is 0.352 e. The van der Waals surface area contributed by atoms with Gasteiger partial charge in [-0.15, -0.1) is 0 Å². The summed E-state index contributed by atoms with van der Waals surface area (Å²) in [5.74, 6) is -0.432. The number of amides is 2. The van der Waals surface area contributed by atoms with Crippen molar-refractivity contribution in [3.05, 3.63) is 54.1 Å². The molecule has 1 saturated heterocycles. The molecule has 6 nitrogen and oxygen atoms in total. The van der Waals surface area contributed by atoms with Crippen LogP contribution < -0.4 is 5.32 Å². The number of carbonyl (C=O) groups is 2. The zero-order chi connectivity index (χ0) is 18.5. The molecule has 0 aliphatic carbocycles. The lowest BCUT2D eigenvalue weighted by atomic mass is 9.90. The number of likely N-dealkylation sites (tertiary alicyclic amines) is 1. The molecule has 1 aliphatic rings. The second-order valence-electron chi connectivity index (χ2n) is 6.64. The van der Waals surface area contributed by atoms with E-state index in [2.05, 4.69) is 10.4 Å². The van der Waals surface area contributed by atoms with Crippen molar-refractivity contribution in [1.29, 1.82) is 0 Å². The van der Waals surface area contributed by atoms with Gasteiger partial charge in [-0.3, -0.25) is 14.3 Å². The molecule has 26 heavy (non-hydrogen) atoms. The fraction of sp³-hybridized carbons (Fsp3) is 0.421. The maximum absolute atomic E-state index is 13.2. The van der Waals surface area contributed by atoms with Crippen LogP contribution in [0.2, 0.25) is 0 Å². The maximum atomic E-state index is 13.2. The minimum absolute atomic E-state index is 0.0316. The minimum atomic E-state index is -0.289. The minimum Gasteiger partial charge on any atom is -0.352 e. The molecule has 0 radical (unpaired) electrons. The third-order valence-corrected chi connectivity index (χ3v) is 4.70. The van der Waals surface area contributed by atoms with Crippen molar-refractivity contribution >= 4 is 11.8 Å². The van der Waals surface area contributed by atoms with Crippen molar-refractivity contribution in [3.63, 3.8) is 0 Å². The van der Waals surface area contributed by atoms with Crippen molar-refractivity contribution < 1.29 is 14.0 Å². The number of hydrogen-bond acceptors (Lipinski definition) is 3. The van der Waals surface area contributed by atoms with Crippen LogP contribution in [0.25, 0.3) is 0 Å². The Kier molecular flexibility index (Phi) is 5.65. The molecule has 0 spiro atoms. The van der Waals surface area contributed by atoms with Crippen molar-refractivity contribution in [1.82, 2.24) is 20.0 Å². The van der Waals surface area contributed by atoms with Crippen LogP contribution in [0.3, 0.4) is 0 Å². The number of nitrogens with one attached hydrogen (secondary N) is 1. The van der Waals surface area contributed by atoms with Crippen LogP contribution >= 0.6 is 0 Å². The van der Waals surface area contributed by atoms with E-state index >= 15 is 0 Å². The smallest absolute Gasteiger partial charge is 0.244 e. The molecule has 1 aromatic carbocycles. The number of benzene rings is 1. The van der Waals surface area contributed by atoms with Gasteiger partial charge < -0.3 is 10.2 Å². The SMILES string of the molecule is CC(=O)N[C@H]1CCCN(C(=O)Cn2cccn2)[C@H]1Cc1ccc(F)cc1. The van der Waals surface area contributed by atoms with Crippen molar-refractivity contribution in [2.45, 2.75) is 44.8 Å². The highest BCUT2D eigenvalue weighted by Crippen LogP contribution is 2.22.